The van der Waals surface area contributed by atoms with E-state index in [9.17, 15) is 14.7 Å². The molecule has 3 heterocycles. The Hall–Kier alpha value is -3.17. The molecule has 0 radical (unpaired) electrons. The average molecular weight is 457 g/mol. The SMILES string of the molecule is CCOC(=O)C1=C(C)N=c2s/c(=C\c3cccc(OC)c3O)c(=O)n2[C@@H]1c1cccs1. The first-order valence-corrected chi connectivity index (χ1v) is 11.2. The highest BCUT2D eigenvalue weighted by molar-refractivity contribution is 7.10. The number of phenols is 1. The van der Waals surface area contributed by atoms with E-state index in [1.165, 1.54) is 34.4 Å². The molecule has 9 heteroatoms. The Bertz CT molecular complexity index is 1350. The summed E-state index contributed by atoms with van der Waals surface area (Å²) in [6.07, 6.45) is 1.61. The van der Waals surface area contributed by atoms with Crippen molar-refractivity contribution in [1.82, 2.24) is 4.57 Å². The van der Waals surface area contributed by atoms with Gasteiger partial charge < -0.3 is 14.6 Å². The van der Waals surface area contributed by atoms with Crippen LogP contribution < -0.4 is 19.6 Å². The molecule has 1 aliphatic heterocycles. The topological polar surface area (TPSA) is 90.1 Å². The van der Waals surface area contributed by atoms with E-state index in [4.69, 9.17) is 9.47 Å². The summed E-state index contributed by atoms with van der Waals surface area (Å²) in [5, 5.41) is 12.3. The lowest BCUT2D eigenvalue weighted by atomic mass is 10.0. The smallest absolute Gasteiger partial charge is 0.338 e. The van der Waals surface area contributed by atoms with Crippen molar-refractivity contribution in [3.63, 3.8) is 0 Å². The van der Waals surface area contributed by atoms with E-state index in [-0.39, 0.29) is 17.9 Å². The summed E-state index contributed by atoms with van der Waals surface area (Å²) in [5.41, 5.74) is 1.04. The number of thiophene rings is 1. The minimum atomic E-state index is -0.614. The summed E-state index contributed by atoms with van der Waals surface area (Å²) in [7, 11) is 1.47. The Morgan fingerprint density at radius 3 is 2.81 bits per heavy atom. The fraction of sp³-hybridized carbons (Fsp3) is 0.227. The first kappa shape index (κ1) is 21.1. The second kappa shape index (κ2) is 8.52. The number of carbonyl (C=O) groups excluding carboxylic acids is 1. The molecule has 0 bridgehead atoms. The van der Waals surface area contributed by atoms with Crippen LogP contribution in [-0.2, 0) is 9.53 Å². The zero-order valence-corrected chi connectivity index (χ0v) is 18.8. The minimum Gasteiger partial charge on any atom is -0.504 e. The molecule has 7 nitrogen and oxygen atoms in total. The quantitative estimate of drug-likeness (QED) is 0.596. The molecule has 0 aliphatic carbocycles. The predicted molar refractivity (Wildman–Crippen MR) is 119 cm³/mol. The van der Waals surface area contributed by atoms with Gasteiger partial charge in [-0.2, -0.15) is 0 Å². The molecule has 1 aliphatic rings. The van der Waals surface area contributed by atoms with Gasteiger partial charge in [-0.3, -0.25) is 9.36 Å². The fourth-order valence-corrected chi connectivity index (χ4v) is 5.33. The molecule has 0 saturated carbocycles. The van der Waals surface area contributed by atoms with Gasteiger partial charge in [0.15, 0.2) is 16.3 Å². The monoisotopic (exact) mass is 456 g/mol. The van der Waals surface area contributed by atoms with Crippen molar-refractivity contribution in [1.29, 1.82) is 0 Å². The third kappa shape index (κ3) is 3.70. The molecule has 0 unspecified atom stereocenters. The zero-order valence-electron chi connectivity index (χ0n) is 17.1. The van der Waals surface area contributed by atoms with E-state index < -0.39 is 12.0 Å². The van der Waals surface area contributed by atoms with Gasteiger partial charge in [0.25, 0.3) is 5.56 Å². The number of hydrogen-bond donors (Lipinski definition) is 1. The second-order valence-electron chi connectivity index (χ2n) is 6.72. The Balaban J connectivity index is 1.95. The third-order valence-electron chi connectivity index (χ3n) is 4.87. The average Bonchev–Trinajstić information content (AvgIpc) is 3.37. The molecule has 3 aromatic rings. The van der Waals surface area contributed by atoms with E-state index in [0.717, 1.165) is 4.88 Å². The molecule has 0 amide bonds. The van der Waals surface area contributed by atoms with E-state index >= 15 is 0 Å². The summed E-state index contributed by atoms with van der Waals surface area (Å²) in [4.78, 5) is 32.0. The van der Waals surface area contributed by atoms with Gasteiger partial charge in [0, 0.05) is 10.4 Å². The van der Waals surface area contributed by atoms with Crippen LogP contribution in [0, 0.1) is 0 Å². The van der Waals surface area contributed by atoms with E-state index in [2.05, 4.69) is 4.99 Å². The number of phenolic OH excluding ortho intramolecular Hbond substituents is 1. The Labute approximate surface area is 185 Å². The van der Waals surface area contributed by atoms with Crippen molar-refractivity contribution < 1.29 is 19.4 Å². The maximum Gasteiger partial charge on any atom is 0.338 e. The van der Waals surface area contributed by atoms with Crippen LogP contribution in [0.25, 0.3) is 6.08 Å². The molecule has 2 aromatic heterocycles. The van der Waals surface area contributed by atoms with Crippen molar-refractivity contribution in [3.8, 4) is 11.5 Å². The fourth-order valence-electron chi connectivity index (χ4n) is 3.47. The molecular weight excluding hydrogens is 436 g/mol. The summed E-state index contributed by atoms with van der Waals surface area (Å²) in [6.45, 7) is 3.72. The number of fused-ring (bicyclic) bond motifs is 1. The van der Waals surface area contributed by atoms with Gasteiger partial charge in [0.05, 0.1) is 29.5 Å². The first-order valence-electron chi connectivity index (χ1n) is 9.55. The zero-order chi connectivity index (χ0) is 22.1. The van der Waals surface area contributed by atoms with Crippen molar-refractivity contribution >= 4 is 34.7 Å². The van der Waals surface area contributed by atoms with E-state index in [1.807, 2.05) is 17.5 Å². The Morgan fingerprint density at radius 2 is 2.13 bits per heavy atom. The number of benzene rings is 1. The molecule has 31 heavy (non-hydrogen) atoms. The van der Waals surface area contributed by atoms with E-state index in [1.54, 1.807) is 38.1 Å². The van der Waals surface area contributed by atoms with Crippen molar-refractivity contribution in [2.75, 3.05) is 13.7 Å². The molecular formula is C22H20N2O5S2. The first-order chi connectivity index (χ1) is 15.0. The molecule has 160 valence electrons. The van der Waals surface area contributed by atoms with Gasteiger partial charge in [0.1, 0.15) is 6.04 Å². The van der Waals surface area contributed by atoms with Crippen LogP contribution in [0.5, 0.6) is 11.5 Å². The summed E-state index contributed by atoms with van der Waals surface area (Å²) >= 11 is 2.66. The number of ether oxygens (including phenoxy) is 2. The van der Waals surface area contributed by atoms with Crippen LogP contribution in [0.2, 0.25) is 0 Å². The van der Waals surface area contributed by atoms with Gasteiger partial charge in [-0.15, -0.1) is 11.3 Å². The van der Waals surface area contributed by atoms with E-state index in [0.29, 0.717) is 31.9 Å². The van der Waals surface area contributed by atoms with Crippen LogP contribution in [-0.4, -0.2) is 29.4 Å². The molecule has 0 spiro atoms. The lowest BCUT2D eigenvalue weighted by molar-refractivity contribution is -0.139. The van der Waals surface area contributed by atoms with Gasteiger partial charge >= 0.3 is 5.97 Å². The highest BCUT2D eigenvalue weighted by atomic mass is 32.1. The second-order valence-corrected chi connectivity index (χ2v) is 8.70. The largest absolute Gasteiger partial charge is 0.504 e. The number of allylic oxidation sites excluding steroid dienone is 1. The number of aromatic nitrogens is 1. The van der Waals surface area contributed by atoms with Crippen LogP contribution >= 0.6 is 22.7 Å². The maximum absolute atomic E-state index is 13.4. The van der Waals surface area contributed by atoms with Crippen LogP contribution in [0.4, 0.5) is 0 Å². The number of rotatable bonds is 5. The number of esters is 1. The lowest BCUT2D eigenvalue weighted by Gasteiger charge is -2.23. The standard InChI is InChI=1S/C22H20N2O5S2/c1-4-29-21(27)17-12(2)23-22-24(18(17)15-9-6-10-30-15)20(26)16(31-22)11-13-7-5-8-14(28-3)19(13)25/h5-11,18,25H,4H2,1-3H3/b16-11-/t18-/m1/s1. The summed E-state index contributed by atoms with van der Waals surface area (Å²) < 4.78 is 12.3. The molecule has 1 N–H and O–H groups in total. The number of carbonyl (C=O) groups is 1. The van der Waals surface area contributed by atoms with Gasteiger partial charge in [-0.25, -0.2) is 9.79 Å². The van der Waals surface area contributed by atoms with Crippen LogP contribution in [0.1, 0.15) is 30.3 Å². The van der Waals surface area contributed by atoms with Gasteiger partial charge in [-0.1, -0.05) is 29.5 Å². The minimum absolute atomic E-state index is 0.0472. The molecule has 0 fully saturated rings. The van der Waals surface area contributed by atoms with Crippen molar-refractivity contribution in [2.24, 2.45) is 4.99 Å². The third-order valence-corrected chi connectivity index (χ3v) is 6.77. The molecule has 0 saturated heterocycles. The summed E-state index contributed by atoms with van der Waals surface area (Å²) in [5.74, 6) is -0.214. The Kier molecular flexibility index (Phi) is 5.79. The van der Waals surface area contributed by atoms with Gasteiger partial charge in [-0.05, 0) is 37.4 Å². The normalized spacial score (nSPS) is 16.1. The van der Waals surface area contributed by atoms with Crippen LogP contribution in [0.3, 0.4) is 0 Å². The maximum atomic E-state index is 13.4. The molecule has 1 atom stereocenters. The predicted octanol–water partition coefficient (Wildman–Crippen LogP) is 2.57. The molecule has 4 rings (SSSR count). The number of aromatic hydroxyl groups is 1. The lowest BCUT2D eigenvalue weighted by Crippen LogP contribution is -2.39. The summed E-state index contributed by atoms with van der Waals surface area (Å²) in [6, 6.07) is 8.22. The highest BCUT2D eigenvalue weighted by Crippen LogP contribution is 2.33. The number of hydrogen-bond acceptors (Lipinski definition) is 8. The number of nitrogens with zero attached hydrogens (tertiary/aromatic N) is 2. The number of para-hydroxylation sites is 1. The number of methoxy groups -OCH3 is 1. The van der Waals surface area contributed by atoms with Crippen molar-refractivity contribution in [2.45, 2.75) is 19.9 Å². The van der Waals surface area contributed by atoms with Crippen LogP contribution in [0.15, 0.2) is 56.8 Å². The molecule has 1 aromatic carbocycles. The number of thiazole rings is 1. The van der Waals surface area contributed by atoms with Crippen molar-refractivity contribution in [3.05, 3.63) is 77.1 Å². The van der Waals surface area contributed by atoms with Gasteiger partial charge in [0.2, 0.25) is 0 Å². The highest BCUT2D eigenvalue weighted by Gasteiger charge is 2.33. The Morgan fingerprint density at radius 1 is 1.32 bits per heavy atom.